The van der Waals surface area contributed by atoms with Crippen LogP contribution in [0, 0.1) is 0 Å². The normalized spacial score (nSPS) is 14.0. The number of rotatable bonds is 8. The van der Waals surface area contributed by atoms with Gasteiger partial charge in [0.05, 0.1) is 12.7 Å². The minimum atomic E-state index is -0.252. The number of methoxy groups -OCH3 is 1. The fourth-order valence-electron chi connectivity index (χ4n) is 3.53. The molecule has 0 aliphatic carbocycles. The molecule has 0 bridgehead atoms. The molecule has 2 amide bonds. The molecule has 0 unspecified atom stereocenters. The molecule has 5 heteroatoms. The van der Waals surface area contributed by atoms with Gasteiger partial charge in [-0.25, -0.2) is 0 Å². The minimum Gasteiger partial charge on any atom is -0.496 e. The van der Waals surface area contributed by atoms with E-state index < -0.39 is 0 Å². The molecule has 0 aromatic heterocycles. The molecule has 146 valence electrons. The number of hydrogen-bond donors (Lipinski definition) is 0. The highest BCUT2D eigenvalue weighted by Gasteiger charge is 2.41. The third kappa shape index (κ3) is 3.65. The van der Waals surface area contributed by atoms with E-state index in [1.54, 1.807) is 7.11 Å². The van der Waals surface area contributed by atoms with Crippen LogP contribution in [0.25, 0.3) is 5.57 Å². The Labute approximate surface area is 166 Å². The Kier molecular flexibility index (Phi) is 6.14. The number of carbonyl (C=O) groups excluding carboxylic acids is 2. The number of imide groups is 1. The van der Waals surface area contributed by atoms with Crippen LogP contribution in [0.1, 0.15) is 31.4 Å². The summed E-state index contributed by atoms with van der Waals surface area (Å²) in [5.41, 5.74) is 2.62. The monoisotopic (exact) mass is 378 g/mol. The molecule has 2 aromatic carbocycles. The van der Waals surface area contributed by atoms with E-state index >= 15 is 0 Å². The first-order valence-corrected chi connectivity index (χ1v) is 9.65. The van der Waals surface area contributed by atoms with Crippen LogP contribution in [-0.4, -0.2) is 41.8 Å². The van der Waals surface area contributed by atoms with Crippen LogP contribution in [0.5, 0.6) is 5.75 Å². The topological polar surface area (TPSA) is 49.9 Å². The molecule has 0 spiro atoms. The van der Waals surface area contributed by atoms with E-state index in [-0.39, 0.29) is 11.8 Å². The molecule has 5 nitrogen and oxygen atoms in total. The van der Waals surface area contributed by atoms with Gasteiger partial charge in [0.1, 0.15) is 11.4 Å². The molecule has 1 aliphatic heterocycles. The Bertz CT molecular complexity index is 890. The van der Waals surface area contributed by atoms with Crippen LogP contribution >= 0.6 is 0 Å². The van der Waals surface area contributed by atoms with Crippen molar-refractivity contribution in [1.29, 1.82) is 0 Å². The molecule has 0 fully saturated rings. The predicted molar refractivity (Wildman–Crippen MR) is 109 cm³/mol. The summed E-state index contributed by atoms with van der Waals surface area (Å²) in [6.07, 6.45) is 0.717. The third-order valence-corrected chi connectivity index (χ3v) is 4.88. The van der Waals surface area contributed by atoms with Gasteiger partial charge in [0.15, 0.2) is 0 Å². The molecule has 0 atom stereocenters. The predicted octanol–water partition coefficient (Wildman–Crippen LogP) is 3.71. The van der Waals surface area contributed by atoms with Crippen molar-refractivity contribution in [3.63, 3.8) is 0 Å². The smallest absolute Gasteiger partial charge is 0.277 e. The summed E-state index contributed by atoms with van der Waals surface area (Å²) in [4.78, 5) is 29.8. The second-order valence-corrected chi connectivity index (χ2v) is 6.69. The van der Waals surface area contributed by atoms with Gasteiger partial charge in [-0.1, -0.05) is 55.5 Å². The summed E-state index contributed by atoms with van der Waals surface area (Å²) >= 11 is 0. The van der Waals surface area contributed by atoms with Gasteiger partial charge in [0.25, 0.3) is 11.8 Å². The number of likely N-dealkylation sites (N-methyl/N-ethyl adjacent to an activating group) is 1. The SMILES string of the molecule is CCCN1C(=O)C(c2ccccc2OC)=C(N(CC)Cc2ccccc2)C1=O. The van der Waals surface area contributed by atoms with E-state index in [1.165, 1.54) is 4.90 Å². The van der Waals surface area contributed by atoms with Crippen molar-refractivity contribution in [3.05, 3.63) is 71.4 Å². The maximum Gasteiger partial charge on any atom is 0.277 e. The van der Waals surface area contributed by atoms with Crippen LogP contribution in [0.4, 0.5) is 0 Å². The standard InChI is InChI=1S/C23H26N2O3/c1-4-15-25-22(26)20(18-13-9-10-14-19(18)28-3)21(23(25)27)24(5-2)16-17-11-7-6-8-12-17/h6-14H,4-5,15-16H2,1-3H3. The quantitative estimate of drug-likeness (QED) is 0.657. The zero-order valence-electron chi connectivity index (χ0n) is 16.6. The van der Waals surface area contributed by atoms with Gasteiger partial charge in [-0.05, 0) is 25.0 Å². The van der Waals surface area contributed by atoms with Crippen LogP contribution in [0.3, 0.4) is 0 Å². The minimum absolute atomic E-state index is 0.231. The molecule has 0 N–H and O–H groups in total. The van der Waals surface area contributed by atoms with Crippen LogP contribution in [0.15, 0.2) is 60.3 Å². The lowest BCUT2D eigenvalue weighted by Crippen LogP contribution is -2.35. The maximum atomic E-state index is 13.2. The van der Waals surface area contributed by atoms with Crippen molar-refractivity contribution in [1.82, 2.24) is 9.80 Å². The zero-order chi connectivity index (χ0) is 20.1. The molecule has 0 saturated carbocycles. The highest BCUT2D eigenvalue weighted by atomic mass is 16.5. The van der Waals surface area contributed by atoms with Crippen molar-refractivity contribution in [2.75, 3.05) is 20.2 Å². The van der Waals surface area contributed by atoms with Gasteiger partial charge in [0, 0.05) is 25.2 Å². The number of benzene rings is 2. The summed E-state index contributed by atoms with van der Waals surface area (Å²) in [5.74, 6) is 0.105. The Morgan fingerprint density at radius 1 is 0.929 bits per heavy atom. The maximum absolute atomic E-state index is 13.2. The first-order valence-electron chi connectivity index (χ1n) is 9.65. The Morgan fingerprint density at radius 2 is 1.61 bits per heavy atom. The number of ether oxygens (including phenoxy) is 1. The molecule has 0 saturated heterocycles. The molecule has 1 heterocycles. The van der Waals surface area contributed by atoms with E-state index in [2.05, 4.69) is 0 Å². The number of para-hydroxylation sites is 1. The van der Waals surface area contributed by atoms with Crippen LogP contribution in [0.2, 0.25) is 0 Å². The van der Waals surface area contributed by atoms with Crippen LogP contribution < -0.4 is 4.74 Å². The first kappa shape index (κ1) is 19.7. The fraction of sp³-hybridized carbons (Fsp3) is 0.304. The molecule has 28 heavy (non-hydrogen) atoms. The lowest BCUT2D eigenvalue weighted by Gasteiger charge is -2.25. The van der Waals surface area contributed by atoms with Gasteiger partial charge < -0.3 is 9.64 Å². The van der Waals surface area contributed by atoms with Crippen molar-refractivity contribution in [3.8, 4) is 5.75 Å². The fourth-order valence-corrected chi connectivity index (χ4v) is 3.53. The molecular formula is C23H26N2O3. The average molecular weight is 378 g/mol. The number of hydrogen-bond acceptors (Lipinski definition) is 4. The zero-order valence-corrected chi connectivity index (χ0v) is 16.6. The van der Waals surface area contributed by atoms with Gasteiger partial charge in [-0.15, -0.1) is 0 Å². The van der Waals surface area contributed by atoms with E-state index in [1.807, 2.05) is 73.3 Å². The molecular weight excluding hydrogens is 352 g/mol. The molecule has 1 aliphatic rings. The second kappa shape index (κ2) is 8.74. The lowest BCUT2D eigenvalue weighted by atomic mass is 10.0. The lowest BCUT2D eigenvalue weighted by molar-refractivity contribution is -0.137. The highest BCUT2D eigenvalue weighted by molar-refractivity contribution is 6.36. The third-order valence-electron chi connectivity index (χ3n) is 4.88. The van der Waals surface area contributed by atoms with Gasteiger partial charge in [-0.2, -0.15) is 0 Å². The summed E-state index contributed by atoms with van der Waals surface area (Å²) < 4.78 is 5.48. The summed E-state index contributed by atoms with van der Waals surface area (Å²) in [6, 6.07) is 17.3. The number of carbonyl (C=O) groups is 2. The van der Waals surface area contributed by atoms with E-state index in [0.29, 0.717) is 42.2 Å². The van der Waals surface area contributed by atoms with E-state index in [9.17, 15) is 9.59 Å². The largest absolute Gasteiger partial charge is 0.496 e. The van der Waals surface area contributed by atoms with Gasteiger partial charge in [-0.3, -0.25) is 14.5 Å². The van der Waals surface area contributed by atoms with Gasteiger partial charge >= 0.3 is 0 Å². The van der Waals surface area contributed by atoms with Gasteiger partial charge in [0.2, 0.25) is 0 Å². The van der Waals surface area contributed by atoms with Crippen molar-refractivity contribution < 1.29 is 14.3 Å². The average Bonchev–Trinajstić information content (AvgIpc) is 2.97. The molecule has 3 rings (SSSR count). The molecule has 0 radical (unpaired) electrons. The molecule has 2 aromatic rings. The van der Waals surface area contributed by atoms with E-state index in [0.717, 1.165) is 12.0 Å². The number of nitrogens with zero attached hydrogens (tertiary/aromatic N) is 2. The second-order valence-electron chi connectivity index (χ2n) is 6.69. The van der Waals surface area contributed by atoms with E-state index in [4.69, 9.17) is 4.74 Å². The Hall–Kier alpha value is -3.08. The Balaban J connectivity index is 2.13. The van der Waals surface area contributed by atoms with Crippen molar-refractivity contribution >= 4 is 17.4 Å². The van der Waals surface area contributed by atoms with Crippen molar-refractivity contribution in [2.24, 2.45) is 0 Å². The Morgan fingerprint density at radius 3 is 2.25 bits per heavy atom. The highest BCUT2D eigenvalue weighted by Crippen LogP contribution is 2.36. The summed E-state index contributed by atoms with van der Waals surface area (Å²) in [6.45, 7) is 5.54. The number of amides is 2. The van der Waals surface area contributed by atoms with Crippen molar-refractivity contribution in [2.45, 2.75) is 26.8 Å². The summed E-state index contributed by atoms with van der Waals surface area (Å²) in [5, 5.41) is 0. The summed E-state index contributed by atoms with van der Waals surface area (Å²) in [7, 11) is 1.58. The first-order chi connectivity index (χ1) is 13.6. The van der Waals surface area contributed by atoms with Crippen LogP contribution in [-0.2, 0) is 16.1 Å².